The highest BCUT2D eigenvalue weighted by molar-refractivity contribution is 6.29. The second-order valence-corrected chi connectivity index (χ2v) is 3.76. The number of nitro groups is 1. The summed E-state index contributed by atoms with van der Waals surface area (Å²) in [5.41, 5.74) is 0.914. The van der Waals surface area contributed by atoms with Crippen LogP contribution in [0.5, 0.6) is 0 Å². The third-order valence-corrected chi connectivity index (χ3v) is 2.39. The van der Waals surface area contributed by atoms with Crippen LogP contribution in [0.4, 0.5) is 0 Å². The van der Waals surface area contributed by atoms with Crippen molar-refractivity contribution in [3.05, 3.63) is 63.6 Å². The molecule has 0 amide bonds. The Hall–Kier alpha value is -2.08. The van der Waals surface area contributed by atoms with Gasteiger partial charge in [0.15, 0.2) is 5.82 Å². The molecule has 1 aliphatic rings. The molecule has 6 nitrogen and oxygen atoms in total. The van der Waals surface area contributed by atoms with Crippen LogP contribution >= 0.6 is 11.6 Å². The number of nitrogens with one attached hydrogen (secondary N) is 1. The molecule has 7 heteroatoms. The highest BCUT2D eigenvalue weighted by atomic mass is 35.5. The van der Waals surface area contributed by atoms with Crippen molar-refractivity contribution in [2.45, 2.75) is 6.54 Å². The third kappa shape index (κ3) is 2.94. The molecule has 2 heterocycles. The first-order valence-corrected chi connectivity index (χ1v) is 5.18. The smallest absolute Gasteiger partial charge is 0.274 e. The third-order valence-electron chi connectivity index (χ3n) is 2.16. The molecule has 0 aromatic carbocycles. The second-order valence-electron chi connectivity index (χ2n) is 3.38. The van der Waals surface area contributed by atoms with Gasteiger partial charge in [0, 0.05) is 18.6 Å². The van der Waals surface area contributed by atoms with E-state index in [2.05, 4.69) is 10.3 Å². The van der Waals surface area contributed by atoms with E-state index in [9.17, 15) is 10.1 Å². The first-order valence-electron chi connectivity index (χ1n) is 4.81. The lowest BCUT2D eigenvalue weighted by Crippen LogP contribution is -2.19. The Kier molecular flexibility index (Phi) is 3.24. The minimum absolute atomic E-state index is 0.421. The van der Waals surface area contributed by atoms with Gasteiger partial charge < -0.3 is 10.2 Å². The standard InChI is InChI=1S/C10H9ClN4O2/c11-9-2-1-8(5-13-9)6-14-4-3-12-10(14)7-15(16)17/h1-5,7,12H,6H2/b10-7+. The summed E-state index contributed by atoms with van der Waals surface area (Å²) < 4.78 is 0. The Morgan fingerprint density at radius 1 is 1.59 bits per heavy atom. The van der Waals surface area contributed by atoms with Gasteiger partial charge in [0.05, 0.1) is 11.5 Å². The summed E-state index contributed by atoms with van der Waals surface area (Å²) in [6, 6.07) is 3.51. The monoisotopic (exact) mass is 252 g/mol. The van der Waals surface area contributed by atoms with Gasteiger partial charge in [0.1, 0.15) is 5.15 Å². The molecule has 0 bridgehead atoms. The molecule has 0 atom stereocenters. The van der Waals surface area contributed by atoms with Crippen molar-refractivity contribution in [1.29, 1.82) is 0 Å². The van der Waals surface area contributed by atoms with E-state index >= 15 is 0 Å². The van der Waals surface area contributed by atoms with Gasteiger partial charge in [-0.1, -0.05) is 17.7 Å². The summed E-state index contributed by atoms with van der Waals surface area (Å²) in [5.74, 6) is 0.421. The van der Waals surface area contributed by atoms with Crippen molar-refractivity contribution in [3.8, 4) is 0 Å². The van der Waals surface area contributed by atoms with Gasteiger partial charge in [0.25, 0.3) is 6.20 Å². The fourth-order valence-corrected chi connectivity index (χ4v) is 1.53. The maximum atomic E-state index is 10.4. The molecule has 17 heavy (non-hydrogen) atoms. The zero-order valence-corrected chi connectivity index (χ0v) is 9.46. The molecular formula is C10H9ClN4O2. The predicted octanol–water partition coefficient (Wildman–Crippen LogP) is 1.69. The molecule has 1 aliphatic heterocycles. The van der Waals surface area contributed by atoms with Crippen molar-refractivity contribution in [2.24, 2.45) is 0 Å². The molecule has 1 aromatic heterocycles. The molecule has 0 unspecified atom stereocenters. The summed E-state index contributed by atoms with van der Waals surface area (Å²) in [6.07, 6.45) is 5.92. The molecule has 0 saturated carbocycles. The van der Waals surface area contributed by atoms with Crippen LogP contribution in [0, 0.1) is 10.1 Å². The Balaban J connectivity index is 2.10. The van der Waals surface area contributed by atoms with E-state index in [-0.39, 0.29) is 0 Å². The summed E-state index contributed by atoms with van der Waals surface area (Å²) in [4.78, 5) is 15.6. The van der Waals surface area contributed by atoms with Gasteiger partial charge in [-0.3, -0.25) is 10.1 Å². The lowest BCUT2D eigenvalue weighted by atomic mass is 10.3. The lowest BCUT2D eigenvalue weighted by molar-refractivity contribution is -0.404. The van der Waals surface area contributed by atoms with Crippen molar-refractivity contribution in [2.75, 3.05) is 0 Å². The van der Waals surface area contributed by atoms with Gasteiger partial charge in [-0.25, -0.2) is 4.98 Å². The average Bonchev–Trinajstić information content (AvgIpc) is 2.68. The van der Waals surface area contributed by atoms with Crippen LogP contribution in [-0.2, 0) is 6.54 Å². The van der Waals surface area contributed by atoms with Crippen molar-refractivity contribution < 1.29 is 4.92 Å². The first-order chi connectivity index (χ1) is 8.15. The summed E-state index contributed by atoms with van der Waals surface area (Å²) in [5, 5.41) is 13.6. The van der Waals surface area contributed by atoms with E-state index in [4.69, 9.17) is 11.6 Å². The number of hydrogen-bond acceptors (Lipinski definition) is 5. The van der Waals surface area contributed by atoms with Gasteiger partial charge in [-0.2, -0.15) is 0 Å². The second kappa shape index (κ2) is 4.84. The maximum absolute atomic E-state index is 10.4. The van der Waals surface area contributed by atoms with E-state index in [0.717, 1.165) is 11.8 Å². The minimum Gasteiger partial charge on any atom is -0.341 e. The number of nitrogens with zero attached hydrogens (tertiary/aromatic N) is 3. The van der Waals surface area contributed by atoms with Crippen LogP contribution in [0.25, 0.3) is 0 Å². The molecule has 0 fully saturated rings. The lowest BCUT2D eigenvalue weighted by Gasteiger charge is -2.15. The number of hydrogen-bond donors (Lipinski definition) is 1. The normalized spacial score (nSPS) is 16.3. The first kappa shape index (κ1) is 11.4. The van der Waals surface area contributed by atoms with Crippen LogP contribution < -0.4 is 5.32 Å². The molecule has 1 aromatic rings. The Bertz CT molecular complexity index is 484. The van der Waals surface area contributed by atoms with Gasteiger partial charge in [-0.05, 0) is 11.6 Å². The van der Waals surface area contributed by atoms with Crippen LogP contribution in [0.3, 0.4) is 0 Å². The molecular weight excluding hydrogens is 244 g/mol. The number of halogens is 1. The molecule has 0 aliphatic carbocycles. The van der Waals surface area contributed by atoms with Crippen LogP contribution in [0.15, 0.2) is 42.8 Å². The van der Waals surface area contributed by atoms with E-state index in [0.29, 0.717) is 17.5 Å². The molecule has 1 N–H and O–H groups in total. The number of rotatable bonds is 3. The number of pyridine rings is 1. The highest BCUT2D eigenvalue weighted by Crippen LogP contribution is 2.14. The fourth-order valence-electron chi connectivity index (χ4n) is 1.42. The zero-order chi connectivity index (χ0) is 12.3. The van der Waals surface area contributed by atoms with Gasteiger partial charge >= 0.3 is 0 Å². The minimum atomic E-state index is -0.498. The largest absolute Gasteiger partial charge is 0.341 e. The average molecular weight is 253 g/mol. The molecule has 88 valence electrons. The van der Waals surface area contributed by atoms with Gasteiger partial charge in [0.2, 0.25) is 0 Å². The maximum Gasteiger partial charge on any atom is 0.274 e. The predicted molar refractivity (Wildman–Crippen MR) is 62.1 cm³/mol. The van der Waals surface area contributed by atoms with Crippen LogP contribution in [-0.4, -0.2) is 14.8 Å². The van der Waals surface area contributed by atoms with E-state index in [1.165, 1.54) is 0 Å². The SMILES string of the molecule is O=[N+]([O-])/C=C1\NC=CN1Cc1ccc(Cl)nc1. The van der Waals surface area contributed by atoms with Crippen LogP contribution in [0.1, 0.15) is 5.56 Å². The van der Waals surface area contributed by atoms with E-state index < -0.39 is 4.92 Å². The molecule has 0 saturated heterocycles. The van der Waals surface area contributed by atoms with Crippen LogP contribution in [0.2, 0.25) is 5.15 Å². The van der Waals surface area contributed by atoms with Crippen molar-refractivity contribution in [3.63, 3.8) is 0 Å². The highest BCUT2D eigenvalue weighted by Gasteiger charge is 2.15. The summed E-state index contributed by atoms with van der Waals surface area (Å²) >= 11 is 5.67. The topological polar surface area (TPSA) is 71.3 Å². The molecule has 0 spiro atoms. The van der Waals surface area contributed by atoms with Crippen molar-refractivity contribution >= 4 is 11.6 Å². The zero-order valence-electron chi connectivity index (χ0n) is 8.71. The quantitative estimate of drug-likeness (QED) is 0.504. The molecule has 0 radical (unpaired) electrons. The fraction of sp³-hybridized carbons (Fsp3) is 0.100. The Morgan fingerprint density at radius 3 is 3.06 bits per heavy atom. The van der Waals surface area contributed by atoms with E-state index in [1.807, 2.05) is 6.07 Å². The Labute approximate surface area is 102 Å². The van der Waals surface area contributed by atoms with Gasteiger partial charge in [-0.15, -0.1) is 0 Å². The molecule has 2 rings (SSSR count). The summed E-state index contributed by atoms with van der Waals surface area (Å²) in [6.45, 7) is 0.493. The number of aromatic nitrogens is 1. The summed E-state index contributed by atoms with van der Waals surface area (Å²) in [7, 11) is 0. The van der Waals surface area contributed by atoms with Crippen molar-refractivity contribution in [1.82, 2.24) is 15.2 Å². The van der Waals surface area contributed by atoms with E-state index in [1.54, 1.807) is 29.6 Å². The Morgan fingerprint density at radius 2 is 2.41 bits per heavy atom.